The highest BCUT2D eigenvalue weighted by molar-refractivity contribution is 6.31. The molecule has 0 saturated heterocycles. The summed E-state index contributed by atoms with van der Waals surface area (Å²) in [6, 6.07) is 16.8. The number of amides is 1. The summed E-state index contributed by atoms with van der Waals surface area (Å²) in [5.74, 6) is 0.363. The number of para-hydroxylation sites is 1. The Labute approximate surface area is 151 Å². The molecule has 1 aromatic heterocycles. The van der Waals surface area contributed by atoms with Crippen LogP contribution in [0.15, 0.2) is 60.8 Å². The number of benzene rings is 2. The van der Waals surface area contributed by atoms with Gasteiger partial charge >= 0.3 is 0 Å². The minimum absolute atomic E-state index is 0.191. The highest BCUT2D eigenvalue weighted by Gasteiger charge is 2.09. The van der Waals surface area contributed by atoms with Crippen molar-refractivity contribution in [3.8, 4) is 11.4 Å². The smallest absolute Gasteiger partial charge is 0.251 e. The molecule has 128 valence electrons. The van der Waals surface area contributed by atoms with Crippen LogP contribution in [0.5, 0.6) is 5.75 Å². The molecule has 0 bridgehead atoms. The van der Waals surface area contributed by atoms with E-state index in [1.807, 2.05) is 47.3 Å². The van der Waals surface area contributed by atoms with Crippen molar-refractivity contribution in [2.24, 2.45) is 0 Å². The van der Waals surface area contributed by atoms with Crippen LogP contribution < -0.4 is 10.1 Å². The average Bonchev–Trinajstić information content (AvgIpc) is 3.10. The van der Waals surface area contributed by atoms with Gasteiger partial charge in [-0.3, -0.25) is 4.79 Å². The highest BCUT2D eigenvalue weighted by Crippen LogP contribution is 2.20. The first-order valence-corrected chi connectivity index (χ1v) is 8.26. The van der Waals surface area contributed by atoms with Gasteiger partial charge in [0.15, 0.2) is 0 Å². The van der Waals surface area contributed by atoms with E-state index in [4.69, 9.17) is 16.3 Å². The van der Waals surface area contributed by atoms with Crippen LogP contribution in [0.25, 0.3) is 5.69 Å². The van der Waals surface area contributed by atoms with Gasteiger partial charge in [-0.25, -0.2) is 4.68 Å². The lowest BCUT2D eigenvalue weighted by molar-refractivity contribution is 0.0953. The van der Waals surface area contributed by atoms with E-state index >= 15 is 0 Å². The molecule has 2 aromatic carbocycles. The molecule has 1 N–H and O–H groups in total. The van der Waals surface area contributed by atoms with E-state index in [0.717, 1.165) is 11.4 Å². The van der Waals surface area contributed by atoms with Gasteiger partial charge in [-0.1, -0.05) is 29.8 Å². The average molecular weight is 356 g/mol. The maximum atomic E-state index is 12.2. The minimum Gasteiger partial charge on any atom is -0.497 e. The summed E-state index contributed by atoms with van der Waals surface area (Å²) in [7, 11) is 1.54. The largest absolute Gasteiger partial charge is 0.497 e. The van der Waals surface area contributed by atoms with Crippen molar-refractivity contribution in [3.05, 3.63) is 77.1 Å². The van der Waals surface area contributed by atoms with Crippen molar-refractivity contribution in [2.45, 2.75) is 6.42 Å². The van der Waals surface area contributed by atoms with Gasteiger partial charge in [-0.05, 0) is 36.4 Å². The molecule has 0 aliphatic carbocycles. The van der Waals surface area contributed by atoms with Gasteiger partial charge in [-0.2, -0.15) is 5.10 Å². The molecule has 1 amide bonds. The number of carbonyl (C=O) groups is 1. The molecule has 0 fully saturated rings. The number of rotatable bonds is 6. The number of hydrogen-bond acceptors (Lipinski definition) is 3. The van der Waals surface area contributed by atoms with E-state index < -0.39 is 0 Å². The van der Waals surface area contributed by atoms with Crippen LogP contribution in [0.1, 0.15) is 16.1 Å². The number of nitrogens with zero attached hydrogens (tertiary/aromatic N) is 2. The maximum absolute atomic E-state index is 12.2. The molecule has 0 aliphatic heterocycles. The zero-order valence-electron chi connectivity index (χ0n) is 13.8. The maximum Gasteiger partial charge on any atom is 0.251 e. The SMILES string of the molecule is COc1cc(Cl)cc(C(=O)NCCc2ccn(-c3ccccc3)n2)c1. The molecule has 3 rings (SSSR count). The molecule has 1 heterocycles. The summed E-state index contributed by atoms with van der Waals surface area (Å²) in [4.78, 5) is 12.2. The summed E-state index contributed by atoms with van der Waals surface area (Å²) in [6.45, 7) is 0.486. The van der Waals surface area contributed by atoms with E-state index in [0.29, 0.717) is 29.3 Å². The second kappa shape index (κ2) is 7.85. The lowest BCUT2D eigenvalue weighted by Gasteiger charge is -2.07. The van der Waals surface area contributed by atoms with Gasteiger partial charge in [-0.15, -0.1) is 0 Å². The van der Waals surface area contributed by atoms with Gasteiger partial charge in [0.1, 0.15) is 5.75 Å². The van der Waals surface area contributed by atoms with E-state index in [2.05, 4.69) is 10.4 Å². The van der Waals surface area contributed by atoms with Crippen molar-refractivity contribution in [1.29, 1.82) is 0 Å². The van der Waals surface area contributed by atoms with Crippen molar-refractivity contribution in [2.75, 3.05) is 13.7 Å². The summed E-state index contributed by atoms with van der Waals surface area (Å²) >= 11 is 5.99. The topological polar surface area (TPSA) is 56.1 Å². The zero-order chi connectivity index (χ0) is 17.6. The number of hydrogen-bond donors (Lipinski definition) is 1. The molecule has 5 nitrogen and oxygen atoms in total. The van der Waals surface area contributed by atoms with E-state index in [1.165, 1.54) is 7.11 Å². The van der Waals surface area contributed by atoms with Crippen LogP contribution in [-0.4, -0.2) is 29.3 Å². The fraction of sp³-hybridized carbons (Fsp3) is 0.158. The predicted molar refractivity (Wildman–Crippen MR) is 97.6 cm³/mol. The number of methoxy groups -OCH3 is 1. The van der Waals surface area contributed by atoms with E-state index in [9.17, 15) is 4.79 Å². The van der Waals surface area contributed by atoms with Crippen molar-refractivity contribution >= 4 is 17.5 Å². The van der Waals surface area contributed by atoms with Gasteiger partial charge in [0.25, 0.3) is 5.91 Å². The molecule has 0 aliphatic rings. The molecular weight excluding hydrogens is 338 g/mol. The Morgan fingerprint density at radius 2 is 2.00 bits per heavy atom. The molecule has 6 heteroatoms. The first kappa shape index (κ1) is 17.0. The standard InChI is InChI=1S/C19H18ClN3O2/c1-25-18-12-14(11-15(20)13-18)19(24)21-9-7-16-8-10-23(22-16)17-5-3-2-4-6-17/h2-6,8,10-13H,7,9H2,1H3,(H,21,24). The number of halogens is 1. The highest BCUT2D eigenvalue weighted by atomic mass is 35.5. The number of ether oxygens (including phenoxy) is 1. The number of aromatic nitrogens is 2. The Morgan fingerprint density at radius 1 is 1.20 bits per heavy atom. The fourth-order valence-corrected chi connectivity index (χ4v) is 2.66. The number of carbonyl (C=O) groups excluding carboxylic acids is 1. The third kappa shape index (κ3) is 4.39. The Hall–Kier alpha value is -2.79. The second-order valence-electron chi connectivity index (χ2n) is 5.47. The summed E-state index contributed by atoms with van der Waals surface area (Å²) in [5, 5.41) is 7.85. The summed E-state index contributed by atoms with van der Waals surface area (Å²) in [6.07, 6.45) is 2.55. The van der Waals surface area contributed by atoms with Crippen LogP contribution in [-0.2, 0) is 6.42 Å². The Morgan fingerprint density at radius 3 is 2.76 bits per heavy atom. The van der Waals surface area contributed by atoms with Gasteiger partial charge in [0.05, 0.1) is 18.5 Å². The van der Waals surface area contributed by atoms with Crippen molar-refractivity contribution in [1.82, 2.24) is 15.1 Å². The monoisotopic (exact) mass is 355 g/mol. The Bertz CT molecular complexity index is 862. The first-order chi connectivity index (χ1) is 12.2. The molecular formula is C19H18ClN3O2. The van der Waals surface area contributed by atoms with E-state index in [1.54, 1.807) is 18.2 Å². The third-order valence-electron chi connectivity index (χ3n) is 3.70. The third-order valence-corrected chi connectivity index (χ3v) is 3.92. The van der Waals surface area contributed by atoms with E-state index in [-0.39, 0.29) is 5.91 Å². The predicted octanol–water partition coefficient (Wildman–Crippen LogP) is 3.51. The van der Waals surface area contributed by atoms with Gasteiger partial charge in [0, 0.05) is 29.7 Å². The second-order valence-corrected chi connectivity index (χ2v) is 5.91. The Kier molecular flexibility index (Phi) is 5.36. The summed E-state index contributed by atoms with van der Waals surface area (Å²) < 4.78 is 6.95. The van der Waals surface area contributed by atoms with Crippen LogP contribution in [0.2, 0.25) is 5.02 Å². The molecule has 25 heavy (non-hydrogen) atoms. The van der Waals surface area contributed by atoms with Crippen LogP contribution in [0, 0.1) is 0 Å². The normalized spacial score (nSPS) is 10.5. The molecule has 0 spiro atoms. The first-order valence-electron chi connectivity index (χ1n) is 7.88. The molecule has 0 atom stereocenters. The fourth-order valence-electron chi connectivity index (χ4n) is 2.44. The lowest BCUT2D eigenvalue weighted by atomic mass is 10.2. The lowest BCUT2D eigenvalue weighted by Crippen LogP contribution is -2.25. The van der Waals surface area contributed by atoms with Crippen molar-refractivity contribution < 1.29 is 9.53 Å². The quantitative estimate of drug-likeness (QED) is 0.736. The van der Waals surface area contributed by atoms with Gasteiger partial charge < -0.3 is 10.1 Å². The zero-order valence-corrected chi connectivity index (χ0v) is 14.5. The molecule has 0 unspecified atom stereocenters. The molecule has 3 aromatic rings. The molecule has 0 saturated carbocycles. The van der Waals surface area contributed by atoms with Crippen molar-refractivity contribution in [3.63, 3.8) is 0 Å². The van der Waals surface area contributed by atoms with Crippen LogP contribution in [0.3, 0.4) is 0 Å². The molecule has 0 radical (unpaired) electrons. The minimum atomic E-state index is -0.191. The van der Waals surface area contributed by atoms with Gasteiger partial charge in [0.2, 0.25) is 0 Å². The number of nitrogens with one attached hydrogen (secondary N) is 1. The Balaban J connectivity index is 1.57. The summed E-state index contributed by atoms with van der Waals surface area (Å²) in [5.41, 5.74) is 2.39. The van der Waals surface area contributed by atoms with Crippen LogP contribution >= 0.6 is 11.6 Å². The van der Waals surface area contributed by atoms with Crippen LogP contribution in [0.4, 0.5) is 0 Å².